The molecule has 0 aliphatic rings. The van der Waals surface area contributed by atoms with Crippen molar-refractivity contribution in [3.05, 3.63) is 64.4 Å². The molecule has 138 valence electrons. The highest BCUT2D eigenvalue weighted by Crippen LogP contribution is 2.19. The molecule has 0 radical (unpaired) electrons. The first kappa shape index (κ1) is 19.9. The van der Waals surface area contributed by atoms with E-state index in [1.807, 2.05) is 0 Å². The van der Waals surface area contributed by atoms with Gasteiger partial charge in [0.15, 0.2) is 6.61 Å². The van der Waals surface area contributed by atoms with Crippen LogP contribution in [-0.4, -0.2) is 25.6 Å². The molecule has 0 aliphatic carbocycles. The molecule has 0 aromatic heterocycles. The molecule has 2 aromatic carbocycles. The summed E-state index contributed by atoms with van der Waals surface area (Å²) in [6, 6.07) is 12.1. The first-order chi connectivity index (χ1) is 12.9. The van der Waals surface area contributed by atoms with Crippen LogP contribution in [-0.2, 0) is 14.3 Å². The van der Waals surface area contributed by atoms with Gasteiger partial charge in [-0.3, -0.25) is 4.79 Å². The number of esters is 1. The molecule has 0 heterocycles. The fraction of sp³-hybridized carbons (Fsp3) is 0.105. The van der Waals surface area contributed by atoms with E-state index in [0.717, 1.165) is 6.07 Å². The first-order valence-corrected chi connectivity index (χ1v) is 7.98. The summed E-state index contributed by atoms with van der Waals surface area (Å²) in [5.41, 5.74) is 0.531. The largest absolute Gasteiger partial charge is 0.497 e. The smallest absolute Gasteiger partial charge is 0.349 e. The maximum Gasteiger partial charge on any atom is 0.349 e. The number of nitriles is 1. The maximum absolute atomic E-state index is 13.1. The van der Waals surface area contributed by atoms with Gasteiger partial charge in [-0.05, 0) is 42.0 Å². The van der Waals surface area contributed by atoms with Gasteiger partial charge in [0.2, 0.25) is 0 Å². The lowest BCUT2D eigenvalue weighted by Gasteiger charge is -2.07. The summed E-state index contributed by atoms with van der Waals surface area (Å²) in [7, 11) is 1.50. The number of anilines is 1. The van der Waals surface area contributed by atoms with Crippen LogP contribution < -0.4 is 10.1 Å². The summed E-state index contributed by atoms with van der Waals surface area (Å²) < 4.78 is 23.0. The molecule has 1 amide bonds. The normalized spacial score (nSPS) is 10.7. The van der Waals surface area contributed by atoms with Crippen molar-refractivity contribution in [3.8, 4) is 11.8 Å². The standard InChI is InChI=1S/C19H14ClFN2O4/c1-26-15-4-2-3-12(8-15)7-13(10-22)19(25)27-11-18(24)23-14-5-6-17(21)16(20)9-14/h2-9H,11H2,1H3,(H,23,24)/b13-7+. The molecule has 0 unspecified atom stereocenters. The van der Waals surface area contributed by atoms with Crippen LogP contribution in [0.4, 0.5) is 10.1 Å². The minimum atomic E-state index is -0.951. The van der Waals surface area contributed by atoms with E-state index in [9.17, 15) is 14.0 Å². The molecular formula is C19H14ClFN2O4. The molecule has 0 aliphatic heterocycles. The SMILES string of the molecule is COc1cccc(/C=C(\C#N)C(=O)OCC(=O)Nc2ccc(F)c(Cl)c2)c1. The van der Waals surface area contributed by atoms with Gasteiger partial charge in [-0.15, -0.1) is 0 Å². The zero-order valence-electron chi connectivity index (χ0n) is 14.2. The van der Waals surface area contributed by atoms with E-state index < -0.39 is 24.3 Å². The summed E-state index contributed by atoms with van der Waals surface area (Å²) in [6.45, 7) is -0.620. The van der Waals surface area contributed by atoms with Crippen LogP contribution in [0.3, 0.4) is 0 Å². The Kier molecular flexibility index (Phi) is 6.92. The zero-order valence-corrected chi connectivity index (χ0v) is 14.9. The number of nitrogens with zero attached hydrogens (tertiary/aromatic N) is 1. The Labute approximate surface area is 159 Å². The van der Waals surface area contributed by atoms with Crippen LogP contribution in [0.5, 0.6) is 5.75 Å². The van der Waals surface area contributed by atoms with E-state index in [2.05, 4.69) is 5.32 Å². The van der Waals surface area contributed by atoms with Crippen molar-refractivity contribution in [3.63, 3.8) is 0 Å². The molecular weight excluding hydrogens is 375 g/mol. The maximum atomic E-state index is 13.1. The van der Waals surface area contributed by atoms with Gasteiger partial charge in [0.25, 0.3) is 5.91 Å². The van der Waals surface area contributed by atoms with Crippen molar-refractivity contribution in [2.24, 2.45) is 0 Å². The Bertz CT molecular complexity index is 938. The molecule has 1 N–H and O–H groups in total. The van der Waals surface area contributed by atoms with Crippen LogP contribution in [0.15, 0.2) is 48.0 Å². The van der Waals surface area contributed by atoms with E-state index in [-0.39, 0.29) is 16.3 Å². The summed E-state index contributed by atoms with van der Waals surface area (Å²) in [5, 5.41) is 11.4. The second kappa shape index (κ2) is 9.36. The second-order valence-electron chi connectivity index (χ2n) is 5.20. The van der Waals surface area contributed by atoms with Crippen LogP contribution in [0.2, 0.25) is 5.02 Å². The Morgan fingerprint density at radius 2 is 2.07 bits per heavy atom. The van der Waals surface area contributed by atoms with Gasteiger partial charge >= 0.3 is 5.97 Å². The van der Waals surface area contributed by atoms with E-state index in [1.165, 1.54) is 25.3 Å². The highest BCUT2D eigenvalue weighted by atomic mass is 35.5. The highest BCUT2D eigenvalue weighted by Gasteiger charge is 2.14. The third-order valence-corrected chi connectivity index (χ3v) is 3.57. The average Bonchev–Trinajstić information content (AvgIpc) is 2.67. The number of hydrogen-bond acceptors (Lipinski definition) is 5. The first-order valence-electron chi connectivity index (χ1n) is 7.61. The van der Waals surface area contributed by atoms with Gasteiger partial charge in [-0.25, -0.2) is 9.18 Å². The second-order valence-corrected chi connectivity index (χ2v) is 5.61. The summed E-state index contributed by atoms with van der Waals surface area (Å²) in [5.74, 6) is -1.67. The molecule has 0 saturated heterocycles. The van der Waals surface area contributed by atoms with Crippen molar-refractivity contribution in [2.75, 3.05) is 19.0 Å². The molecule has 2 aromatic rings. The van der Waals surface area contributed by atoms with E-state index in [0.29, 0.717) is 11.3 Å². The number of amides is 1. The van der Waals surface area contributed by atoms with Crippen molar-refractivity contribution >= 4 is 35.2 Å². The lowest BCUT2D eigenvalue weighted by molar-refractivity contribution is -0.142. The fourth-order valence-electron chi connectivity index (χ4n) is 2.01. The number of hydrogen-bond donors (Lipinski definition) is 1. The molecule has 0 spiro atoms. The molecule has 0 atom stereocenters. The number of nitrogens with one attached hydrogen (secondary N) is 1. The van der Waals surface area contributed by atoms with Crippen LogP contribution in [0.1, 0.15) is 5.56 Å². The Hall–Kier alpha value is -3.37. The third kappa shape index (κ3) is 5.83. The quantitative estimate of drug-likeness (QED) is 0.464. The monoisotopic (exact) mass is 388 g/mol. The van der Waals surface area contributed by atoms with Crippen molar-refractivity contribution in [1.29, 1.82) is 5.26 Å². The molecule has 0 fully saturated rings. The topological polar surface area (TPSA) is 88.4 Å². The molecule has 27 heavy (non-hydrogen) atoms. The summed E-state index contributed by atoms with van der Waals surface area (Å²) in [4.78, 5) is 23.8. The minimum Gasteiger partial charge on any atom is -0.497 e. The number of carbonyl (C=O) groups is 2. The number of carbonyl (C=O) groups excluding carboxylic acids is 2. The summed E-state index contributed by atoms with van der Waals surface area (Å²) in [6.07, 6.45) is 1.32. The van der Waals surface area contributed by atoms with Crippen LogP contribution in [0, 0.1) is 17.1 Å². The van der Waals surface area contributed by atoms with Crippen molar-refractivity contribution in [2.45, 2.75) is 0 Å². The predicted molar refractivity (Wildman–Crippen MR) is 97.6 cm³/mol. The lowest BCUT2D eigenvalue weighted by atomic mass is 10.1. The molecule has 8 heteroatoms. The van der Waals surface area contributed by atoms with Gasteiger partial charge in [0.1, 0.15) is 23.2 Å². The lowest BCUT2D eigenvalue weighted by Crippen LogP contribution is -2.21. The van der Waals surface area contributed by atoms with E-state index in [1.54, 1.807) is 30.3 Å². The van der Waals surface area contributed by atoms with Gasteiger partial charge in [-0.2, -0.15) is 5.26 Å². The van der Waals surface area contributed by atoms with Crippen LogP contribution in [0.25, 0.3) is 6.08 Å². The Morgan fingerprint density at radius 3 is 2.74 bits per heavy atom. The molecule has 6 nitrogen and oxygen atoms in total. The summed E-state index contributed by atoms with van der Waals surface area (Å²) >= 11 is 5.62. The van der Waals surface area contributed by atoms with E-state index in [4.69, 9.17) is 26.3 Å². The highest BCUT2D eigenvalue weighted by molar-refractivity contribution is 6.31. The van der Waals surface area contributed by atoms with E-state index >= 15 is 0 Å². The molecule has 2 rings (SSSR count). The number of rotatable bonds is 6. The molecule has 0 saturated carbocycles. The number of ether oxygens (including phenoxy) is 2. The van der Waals surface area contributed by atoms with Crippen molar-refractivity contribution in [1.82, 2.24) is 0 Å². The van der Waals surface area contributed by atoms with Gasteiger partial charge in [0, 0.05) is 5.69 Å². The minimum absolute atomic E-state index is 0.155. The van der Waals surface area contributed by atoms with Gasteiger partial charge in [-0.1, -0.05) is 23.7 Å². The predicted octanol–water partition coefficient (Wildman–Crippen LogP) is 3.58. The average molecular weight is 389 g/mol. The van der Waals surface area contributed by atoms with Gasteiger partial charge in [0.05, 0.1) is 12.1 Å². The number of benzene rings is 2. The zero-order chi connectivity index (χ0) is 19.8. The number of halogens is 2. The molecule has 0 bridgehead atoms. The Balaban J connectivity index is 1.97. The van der Waals surface area contributed by atoms with Crippen LogP contribution >= 0.6 is 11.6 Å². The Morgan fingerprint density at radius 1 is 1.30 bits per heavy atom. The van der Waals surface area contributed by atoms with Crippen molar-refractivity contribution < 1.29 is 23.5 Å². The van der Waals surface area contributed by atoms with Gasteiger partial charge < -0.3 is 14.8 Å². The third-order valence-electron chi connectivity index (χ3n) is 3.28. The number of methoxy groups -OCH3 is 1. The fourth-order valence-corrected chi connectivity index (χ4v) is 2.20.